The molecule has 2 rings (SSSR count). The van der Waals surface area contributed by atoms with E-state index < -0.39 is 5.97 Å². The van der Waals surface area contributed by atoms with Crippen LogP contribution >= 0.6 is 0 Å². The first kappa shape index (κ1) is 9.83. The average Bonchev–Trinajstić information content (AvgIpc) is 2.97. The maximum atomic E-state index is 10.7. The van der Waals surface area contributed by atoms with Crippen molar-refractivity contribution < 1.29 is 19.7 Å². The van der Waals surface area contributed by atoms with Gasteiger partial charge in [-0.3, -0.25) is 4.79 Å². The van der Waals surface area contributed by atoms with Gasteiger partial charge in [0.1, 0.15) is 11.5 Å². The van der Waals surface area contributed by atoms with Crippen molar-refractivity contribution in [3.05, 3.63) is 23.8 Å². The average molecular weight is 208 g/mol. The molecule has 1 aromatic carbocycles. The van der Waals surface area contributed by atoms with Gasteiger partial charge in [-0.05, 0) is 18.1 Å². The molecule has 1 aliphatic rings. The summed E-state index contributed by atoms with van der Waals surface area (Å²) in [6, 6.07) is 4.96. The molecule has 1 fully saturated rings. The summed E-state index contributed by atoms with van der Waals surface area (Å²) in [6.45, 7) is 0. The van der Waals surface area contributed by atoms with E-state index in [0.29, 0.717) is 17.7 Å². The maximum Gasteiger partial charge on any atom is 0.307 e. The third-order valence-electron chi connectivity index (χ3n) is 2.74. The van der Waals surface area contributed by atoms with E-state index >= 15 is 0 Å². The van der Waals surface area contributed by atoms with Crippen LogP contribution in [0.5, 0.6) is 11.5 Å². The number of aliphatic carboxylic acids is 1. The van der Waals surface area contributed by atoms with Gasteiger partial charge in [-0.1, -0.05) is 6.07 Å². The zero-order chi connectivity index (χ0) is 11.0. The van der Waals surface area contributed by atoms with Gasteiger partial charge in [0.05, 0.1) is 13.0 Å². The van der Waals surface area contributed by atoms with Gasteiger partial charge in [0.15, 0.2) is 0 Å². The summed E-state index contributed by atoms with van der Waals surface area (Å²) in [5.74, 6) is -0.500. The molecule has 2 unspecified atom stereocenters. The van der Waals surface area contributed by atoms with Crippen molar-refractivity contribution in [1.29, 1.82) is 0 Å². The predicted molar refractivity (Wildman–Crippen MR) is 53.1 cm³/mol. The van der Waals surface area contributed by atoms with Gasteiger partial charge in [0.2, 0.25) is 0 Å². The van der Waals surface area contributed by atoms with E-state index in [-0.39, 0.29) is 17.6 Å². The first-order valence-corrected chi connectivity index (χ1v) is 4.73. The molecule has 0 bridgehead atoms. The third-order valence-corrected chi connectivity index (χ3v) is 2.74. The number of carboxylic acids is 1. The lowest BCUT2D eigenvalue weighted by atomic mass is 10.1. The van der Waals surface area contributed by atoms with E-state index in [1.165, 1.54) is 13.2 Å². The second-order valence-corrected chi connectivity index (χ2v) is 3.71. The van der Waals surface area contributed by atoms with E-state index in [1.807, 2.05) is 0 Å². The molecule has 0 amide bonds. The Balaban J connectivity index is 2.21. The van der Waals surface area contributed by atoms with Crippen molar-refractivity contribution in [2.45, 2.75) is 12.3 Å². The van der Waals surface area contributed by atoms with Crippen molar-refractivity contribution in [2.75, 3.05) is 7.11 Å². The van der Waals surface area contributed by atoms with E-state index in [2.05, 4.69) is 0 Å². The molecule has 0 aliphatic heterocycles. The van der Waals surface area contributed by atoms with Gasteiger partial charge < -0.3 is 14.9 Å². The van der Waals surface area contributed by atoms with Crippen molar-refractivity contribution in [1.82, 2.24) is 0 Å². The highest BCUT2D eigenvalue weighted by Gasteiger charge is 2.45. The van der Waals surface area contributed by atoms with Gasteiger partial charge in [0, 0.05) is 12.0 Å². The minimum atomic E-state index is -0.796. The van der Waals surface area contributed by atoms with Crippen LogP contribution in [0.3, 0.4) is 0 Å². The number of hydrogen-bond acceptors (Lipinski definition) is 3. The molecule has 0 saturated heterocycles. The molecular formula is C11H12O4. The number of benzene rings is 1. The smallest absolute Gasteiger partial charge is 0.307 e. The van der Waals surface area contributed by atoms with Gasteiger partial charge in [-0.15, -0.1) is 0 Å². The number of phenolic OH excluding ortho intramolecular Hbond substituents is 1. The molecular weight excluding hydrogens is 196 g/mol. The molecule has 1 aliphatic carbocycles. The summed E-state index contributed by atoms with van der Waals surface area (Å²) in [7, 11) is 1.52. The van der Waals surface area contributed by atoms with Crippen molar-refractivity contribution >= 4 is 5.97 Å². The highest BCUT2D eigenvalue weighted by Crippen LogP contribution is 2.50. The molecule has 0 aromatic heterocycles. The first-order chi connectivity index (χ1) is 7.13. The van der Waals surface area contributed by atoms with E-state index in [9.17, 15) is 9.90 Å². The van der Waals surface area contributed by atoms with E-state index in [4.69, 9.17) is 9.84 Å². The van der Waals surface area contributed by atoms with Crippen LogP contribution in [-0.2, 0) is 4.79 Å². The Bertz CT molecular complexity index is 400. The lowest BCUT2D eigenvalue weighted by Gasteiger charge is -2.05. The summed E-state index contributed by atoms with van der Waals surface area (Å²) < 4.78 is 4.95. The zero-order valence-electron chi connectivity index (χ0n) is 8.30. The fourth-order valence-corrected chi connectivity index (χ4v) is 1.78. The number of hydrogen-bond donors (Lipinski definition) is 2. The quantitative estimate of drug-likeness (QED) is 0.791. The standard InChI is InChI=1S/C11H12O4/c1-15-6-2-3-7(10(12)4-6)8-5-9(8)11(13)14/h2-4,8-9,12H,5H2,1H3,(H,13,14). The van der Waals surface area contributed by atoms with Gasteiger partial charge in [-0.2, -0.15) is 0 Å². The molecule has 80 valence electrons. The Morgan fingerprint density at radius 3 is 2.73 bits per heavy atom. The normalized spacial score (nSPS) is 23.5. The second kappa shape index (κ2) is 3.46. The van der Waals surface area contributed by atoms with E-state index in [1.54, 1.807) is 12.1 Å². The summed E-state index contributed by atoms with van der Waals surface area (Å²) in [5, 5.41) is 18.4. The number of ether oxygens (including phenoxy) is 1. The van der Waals surface area contributed by atoms with Crippen LogP contribution in [0.4, 0.5) is 0 Å². The Hall–Kier alpha value is -1.71. The highest BCUT2D eigenvalue weighted by atomic mass is 16.5. The lowest BCUT2D eigenvalue weighted by Crippen LogP contribution is -1.99. The Morgan fingerprint density at radius 1 is 1.53 bits per heavy atom. The van der Waals surface area contributed by atoms with Crippen LogP contribution in [0.25, 0.3) is 0 Å². The van der Waals surface area contributed by atoms with Gasteiger partial charge >= 0.3 is 5.97 Å². The summed E-state index contributed by atoms with van der Waals surface area (Å²) in [5.41, 5.74) is 0.697. The number of rotatable bonds is 3. The van der Waals surface area contributed by atoms with Crippen LogP contribution in [-0.4, -0.2) is 23.3 Å². The molecule has 1 saturated carbocycles. The number of aromatic hydroxyl groups is 1. The molecule has 4 heteroatoms. The molecule has 1 aromatic rings. The van der Waals surface area contributed by atoms with E-state index in [0.717, 1.165) is 0 Å². The van der Waals surface area contributed by atoms with Crippen LogP contribution in [0.1, 0.15) is 17.9 Å². The summed E-state index contributed by atoms with van der Waals surface area (Å²) in [6.07, 6.45) is 0.606. The van der Waals surface area contributed by atoms with Crippen LogP contribution in [0.2, 0.25) is 0 Å². The van der Waals surface area contributed by atoms with Crippen molar-refractivity contribution in [3.63, 3.8) is 0 Å². The minimum Gasteiger partial charge on any atom is -0.508 e. The first-order valence-electron chi connectivity index (χ1n) is 4.73. The fraction of sp³-hybridized carbons (Fsp3) is 0.364. The number of methoxy groups -OCH3 is 1. The molecule has 0 spiro atoms. The van der Waals surface area contributed by atoms with Crippen molar-refractivity contribution in [3.8, 4) is 11.5 Å². The third kappa shape index (κ3) is 1.75. The van der Waals surface area contributed by atoms with Crippen LogP contribution < -0.4 is 4.74 Å². The fourth-order valence-electron chi connectivity index (χ4n) is 1.78. The minimum absolute atomic E-state index is 0.0478. The lowest BCUT2D eigenvalue weighted by molar-refractivity contribution is -0.138. The van der Waals surface area contributed by atoms with Crippen molar-refractivity contribution in [2.24, 2.45) is 5.92 Å². The number of carbonyl (C=O) groups is 1. The molecule has 0 heterocycles. The molecule has 2 atom stereocenters. The SMILES string of the molecule is COc1ccc(C2CC2C(=O)O)c(O)c1. The maximum absolute atomic E-state index is 10.7. The number of carboxylic acid groups (broad SMARTS) is 1. The topological polar surface area (TPSA) is 66.8 Å². The number of phenols is 1. The van der Waals surface area contributed by atoms with Gasteiger partial charge in [0.25, 0.3) is 0 Å². The summed E-state index contributed by atoms with van der Waals surface area (Å²) >= 11 is 0. The van der Waals surface area contributed by atoms with Gasteiger partial charge in [-0.25, -0.2) is 0 Å². The molecule has 15 heavy (non-hydrogen) atoms. The Morgan fingerprint density at radius 2 is 2.27 bits per heavy atom. The second-order valence-electron chi connectivity index (χ2n) is 3.71. The van der Waals surface area contributed by atoms with Crippen LogP contribution in [0.15, 0.2) is 18.2 Å². The van der Waals surface area contributed by atoms with Crippen LogP contribution in [0, 0.1) is 5.92 Å². The largest absolute Gasteiger partial charge is 0.508 e. The molecule has 0 radical (unpaired) electrons. The zero-order valence-corrected chi connectivity index (χ0v) is 8.30. The molecule has 2 N–H and O–H groups in total. The summed E-state index contributed by atoms with van der Waals surface area (Å²) in [4.78, 5) is 10.7. The Labute approximate surface area is 87.1 Å². The molecule has 4 nitrogen and oxygen atoms in total. The predicted octanol–water partition coefficient (Wildman–Crippen LogP) is 1.59. The Kier molecular flexibility index (Phi) is 2.26. The highest BCUT2D eigenvalue weighted by molar-refractivity contribution is 5.75. The monoisotopic (exact) mass is 208 g/mol.